The number of hydrogen-bond donors (Lipinski definition) is 2. The van der Waals surface area contributed by atoms with E-state index < -0.39 is 0 Å². The predicted octanol–water partition coefficient (Wildman–Crippen LogP) is -0.123. The summed E-state index contributed by atoms with van der Waals surface area (Å²) in [4.78, 5) is 13.7. The average molecular weight is 213 g/mol. The Labute approximate surface area is 88.0 Å². The Morgan fingerprint density at radius 1 is 1.64 bits per heavy atom. The van der Waals surface area contributed by atoms with Gasteiger partial charge < -0.3 is 16.4 Å². The van der Waals surface area contributed by atoms with Crippen LogP contribution in [0.3, 0.4) is 0 Å². The molecule has 0 bridgehead atoms. The molecule has 0 aromatic heterocycles. The number of thioether (sulfide) groups is 1. The van der Waals surface area contributed by atoms with Gasteiger partial charge in [0.25, 0.3) is 0 Å². The normalized spacial score (nSPS) is 15.5. The molecule has 0 saturated carbocycles. The van der Waals surface area contributed by atoms with Crippen molar-refractivity contribution in [3.05, 3.63) is 23.3 Å². The third-order valence-corrected chi connectivity index (χ3v) is 2.69. The van der Waals surface area contributed by atoms with E-state index >= 15 is 0 Å². The summed E-state index contributed by atoms with van der Waals surface area (Å²) in [7, 11) is 0. The van der Waals surface area contributed by atoms with Gasteiger partial charge >= 0.3 is 0 Å². The van der Waals surface area contributed by atoms with E-state index in [1.54, 1.807) is 11.8 Å². The molecule has 0 radical (unpaired) electrons. The first-order chi connectivity index (χ1) is 6.72. The van der Waals surface area contributed by atoms with Gasteiger partial charge in [0.05, 0.1) is 6.54 Å². The highest BCUT2D eigenvalue weighted by molar-refractivity contribution is 8.03. The lowest BCUT2D eigenvalue weighted by molar-refractivity contribution is -0.118. The summed E-state index contributed by atoms with van der Waals surface area (Å²) >= 11 is 1.68. The number of nitrogens with two attached hydrogens (primary N) is 2. The molecule has 5 heteroatoms. The first-order valence-corrected chi connectivity index (χ1v) is 5.44. The molecule has 4 nitrogen and oxygen atoms in total. The Morgan fingerprint density at radius 3 is 3.07 bits per heavy atom. The zero-order valence-corrected chi connectivity index (χ0v) is 8.80. The van der Waals surface area contributed by atoms with Gasteiger partial charge in [-0.2, -0.15) is 0 Å². The topological polar surface area (TPSA) is 72.3 Å². The molecule has 14 heavy (non-hydrogen) atoms. The molecule has 0 atom stereocenters. The van der Waals surface area contributed by atoms with Crippen molar-refractivity contribution in [1.82, 2.24) is 4.90 Å². The van der Waals surface area contributed by atoms with Crippen LogP contribution in [0.5, 0.6) is 0 Å². The Morgan fingerprint density at radius 2 is 2.43 bits per heavy atom. The molecule has 4 N–H and O–H groups in total. The van der Waals surface area contributed by atoms with E-state index in [1.165, 1.54) is 0 Å². The Hall–Kier alpha value is -0.940. The number of rotatable bonds is 5. The van der Waals surface area contributed by atoms with Gasteiger partial charge in [0, 0.05) is 29.9 Å². The summed E-state index contributed by atoms with van der Waals surface area (Å²) in [5.74, 6) is 0.584. The van der Waals surface area contributed by atoms with Gasteiger partial charge in [0.15, 0.2) is 0 Å². The summed E-state index contributed by atoms with van der Waals surface area (Å²) in [6.45, 7) is 1.68. The molecule has 1 aliphatic heterocycles. The number of hydrogen-bond acceptors (Lipinski definition) is 4. The second-order valence-electron chi connectivity index (χ2n) is 2.97. The van der Waals surface area contributed by atoms with Gasteiger partial charge in [0.2, 0.25) is 5.91 Å². The molecule has 1 rings (SSSR count). The number of allylic oxidation sites excluding steroid dienone is 1. The lowest BCUT2D eigenvalue weighted by atomic mass is 10.3. The number of nitrogens with zero attached hydrogens (tertiary/aromatic N) is 1. The van der Waals surface area contributed by atoms with Crippen molar-refractivity contribution in [2.24, 2.45) is 11.5 Å². The molecule has 0 aromatic carbocycles. The minimum atomic E-state index is -0.306. The van der Waals surface area contributed by atoms with E-state index in [4.69, 9.17) is 11.5 Å². The number of amides is 1. The van der Waals surface area contributed by atoms with E-state index in [-0.39, 0.29) is 12.5 Å². The minimum Gasteiger partial charge on any atom is -0.368 e. The van der Waals surface area contributed by atoms with Crippen LogP contribution in [0, 0.1) is 0 Å². The molecule has 1 amide bonds. The summed E-state index contributed by atoms with van der Waals surface area (Å²) in [5.41, 5.74) is 10.5. The molecule has 0 spiro atoms. The van der Waals surface area contributed by atoms with Crippen LogP contribution in [0.2, 0.25) is 0 Å². The number of carbonyl (C=O) groups excluding carboxylic acids is 1. The lowest BCUT2D eigenvalue weighted by Crippen LogP contribution is -2.31. The van der Waals surface area contributed by atoms with Crippen LogP contribution in [-0.4, -0.2) is 36.2 Å². The number of primary amides is 1. The zero-order chi connectivity index (χ0) is 10.4. The summed E-state index contributed by atoms with van der Waals surface area (Å²) < 4.78 is 0. The molecule has 0 aliphatic carbocycles. The molecule has 0 aromatic rings. The van der Waals surface area contributed by atoms with Crippen LogP contribution in [0.4, 0.5) is 0 Å². The molecule has 0 saturated heterocycles. The van der Waals surface area contributed by atoms with Crippen molar-refractivity contribution in [3.8, 4) is 0 Å². The highest BCUT2D eigenvalue weighted by Crippen LogP contribution is 2.19. The molecule has 1 heterocycles. The predicted molar refractivity (Wildman–Crippen MR) is 59.5 cm³/mol. The van der Waals surface area contributed by atoms with Crippen molar-refractivity contribution >= 4 is 17.7 Å². The van der Waals surface area contributed by atoms with E-state index in [2.05, 4.69) is 0 Å². The van der Waals surface area contributed by atoms with Gasteiger partial charge in [-0.1, -0.05) is 6.08 Å². The monoisotopic (exact) mass is 213 g/mol. The average Bonchev–Trinajstić information content (AvgIpc) is 2.14. The highest BCUT2D eigenvalue weighted by Gasteiger charge is 2.07. The summed E-state index contributed by atoms with van der Waals surface area (Å²) in [6, 6.07) is 0. The Balaban J connectivity index is 2.45. The maximum Gasteiger partial charge on any atom is 0.236 e. The number of carbonyl (C=O) groups is 1. The van der Waals surface area contributed by atoms with Crippen molar-refractivity contribution in [1.29, 1.82) is 0 Å². The fraction of sp³-hybridized carbons (Fsp3) is 0.444. The SMILES string of the molecule is NCCSC1=CN(CC(N)=O)CC=C1. The maximum atomic E-state index is 10.7. The van der Waals surface area contributed by atoms with Gasteiger partial charge in [-0.05, 0) is 6.08 Å². The largest absolute Gasteiger partial charge is 0.368 e. The zero-order valence-electron chi connectivity index (χ0n) is 7.98. The van der Waals surface area contributed by atoms with Crippen LogP contribution < -0.4 is 11.5 Å². The summed E-state index contributed by atoms with van der Waals surface area (Å²) in [5, 5.41) is 0. The molecule has 1 aliphatic rings. The molecule has 0 fully saturated rings. The van der Waals surface area contributed by atoms with Gasteiger partial charge in [-0.25, -0.2) is 0 Å². The van der Waals surface area contributed by atoms with Gasteiger partial charge in [-0.3, -0.25) is 4.79 Å². The highest BCUT2D eigenvalue weighted by atomic mass is 32.2. The van der Waals surface area contributed by atoms with E-state index in [1.807, 2.05) is 23.3 Å². The molecular formula is C9H15N3OS. The fourth-order valence-electron chi connectivity index (χ4n) is 1.15. The third kappa shape index (κ3) is 3.85. The van der Waals surface area contributed by atoms with Crippen LogP contribution in [0.25, 0.3) is 0 Å². The smallest absolute Gasteiger partial charge is 0.236 e. The van der Waals surface area contributed by atoms with Gasteiger partial charge in [-0.15, -0.1) is 11.8 Å². The van der Waals surface area contributed by atoms with Crippen molar-refractivity contribution < 1.29 is 4.79 Å². The minimum absolute atomic E-state index is 0.275. The molecule has 78 valence electrons. The molecule has 0 unspecified atom stereocenters. The van der Waals surface area contributed by atoms with Gasteiger partial charge in [0.1, 0.15) is 0 Å². The van der Waals surface area contributed by atoms with E-state index in [9.17, 15) is 4.79 Å². The fourth-order valence-corrected chi connectivity index (χ4v) is 1.92. The lowest BCUT2D eigenvalue weighted by Gasteiger charge is -2.21. The quantitative estimate of drug-likeness (QED) is 0.667. The van der Waals surface area contributed by atoms with Crippen LogP contribution in [0.15, 0.2) is 23.3 Å². The standard InChI is InChI=1S/C9H15N3OS/c10-3-5-14-8-2-1-4-12(6-8)7-9(11)13/h1-2,6H,3-5,7,10H2,(H2,11,13). The second-order valence-corrected chi connectivity index (χ2v) is 4.14. The van der Waals surface area contributed by atoms with Crippen molar-refractivity contribution in [2.75, 3.05) is 25.4 Å². The first-order valence-electron chi connectivity index (χ1n) is 4.46. The molecular weight excluding hydrogens is 198 g/mol. The Bertz CT molecular complexity index is 263. The van der Waals surface area contributed by atoms with Crippen molar-refractivity contribution in [3.63, 3.8) is 0 Å². The van der Waals surface area contributed by atoms with Crippen LogP contribution in [-0.2, 0) is 4.79 Å². The van der Waals surface area contributed by atoms with Crippen LogP contribution >= 0.6 is 11.8 Å². The third-order valence-electron chi connectivity index (χ3n) is 1.68. The van der Waals surface area contributed by atoms with Crippen LogP contribution in [0.1, 0.15) is 0 Å². The Kier molecular flexibility index (Phi) is 4.55. The second kappa shape index (κ2) is 5.72. The van der Waals surface area contributed by atoms with Crippen molar-refractivity contribution in [2.45, 2.75) is 0 Å². The van der Waals surface area contributed by atoms with E-state index in [0.29, 0.717) is 6.54 Å². The summed E-state index contributed by atoms with van der Waals surface area (Å²) in [6.07, 6.45) is 6.00. The maximum absolute atomic E-state index is 10.7. The first kappa shape index (κ1) is 11.1. The van der Waals surface area contributed by atoms with E-state index in [0.717, 1.165) is 17.2 Å².